The van der Waals surface area contributed by atoms with Crippen LogP contribution < -0.4 is 0 Å². The fraction of sp³-hybridized carbons (Fsp3) is 0.850. The number of ether oxygens (including phenoxy) is 3. The van der Waals surface area contributed by atoms with Crippen molar-refractivity contribution in [2.75, 3.05) is 13.2 Å². The molecule has 0 amide bonds. The number of carbonyl (C=O) groups excluding carboxylic acids is 3. The van der Waals surface area contributed by atoms with Crippen LogP contribution >= 0.6 is 0 Å². The van der Waals surface area contributed by atoms with Crippen LogP contribution in [0, 0.1) is 0 Å². The van der Waals surface area contributed by atoms with Gasteiger partial charge in [0.05, 0.1) is 0 Å². The van der Waals surface area contributed by atoms with Gasteiger partial charge in [-0.3, -0.25) is 14.4 Å². The second-order valence-corrected chi connectivity index (χ2v) is 19.5. The van der Waals surface area contributed by atoms with E-state index in [1.54, 1.807) is 0 Å². The van der Waals surface area contributed by atoms with Crippen molar-refractivity contribution in [3.05, 3.63) is 36.5 Å². The average Bonchev–Trinajstić information content (AvgIpc) is 3.31. The average molecular weight is 928 g/mol. The highest BCUT2D eigenvalue weighted by molar-refractivity contribution is 5.71. The van der Waals surface area contributed by atoms with E-state index in [0.29, 0.717) is 19.3 Å². The SMILES string of the molecule is CCCCCC/C=C\CCCCCCCC(=O)OC[C@H](COC(=O)CCCCCCCCC/C=C\CCCCCCCCCC)OC(=O)CCCCCCC/C=C\CCCCCCCCC. The molecule has 0 radical (unpaired) electrons. The minimum absolute atomic E-state index is 0.0783. The quantitative estimate of drug-likeness (QED) is 0.0262. The molecule has 386 valence electrons. The molecular formula is C60H110O6. The number of allylic oxidation sites excluding steroid dienone is 6. The van der Waals surface area contributed by atoms with E-state index < -0.39 is 6.10 Å². The van der Waals surface area contributed by atoms with Gasteiger partial charge in [0.25, 0.3) is 0 Å². The summed E-state index contributed by atoms with van der Waals surface area (Å²) >= 11 is 0. The Balaban J connectivity index is 4.35. The predicted molar refractivity (Wildman–Crippen MR) is 284 cm³/mol. The molecule has 6 heteroatoms. The van der Waals surface area contributed by atoms with E-state index in [4.69, 9.17) is 14.2 Å². The molecular weight excluding hydrogens is 817 g/mol. The summed E-state index contributed by atoms with van der Waals surface area (Å²) in [7, 11) is 0. The molecule has 0 saturated heterocycles. The fourth-order valence-corrected chi connectivity index (χ4v) is 8.43. The van der Waals surface area contributed by atoms with Gasteiger partial charge in [0.2, 0.25) is 0 Å². The summed E-state index contributed by atoms with van der Waals surface area (Å²) in [6.45, 7) is 6.64. The zero-order valence-corrected chi connectivity index (χ0v) is 44.2. The molecule has 0 heterocycles. The second kappa shape index (κ2) is 55.2. The number of hydrogen-bond donors (Lipinski definition) is 0. The topological polar surface area (TPSA) is 78.9 Å². The maximum Gasteiger partial charge on any atom is 0.306 e. The van der Waals surface area contributed by atoms with Gasteiger partial charge >= 0.3 is 17.9 Å². The maximum atomic E-state index is 12.8. The summed E-state index contributed by atoms with van der Waals surface area (Å²) in [5, 5.41) is 0. The van der Waals surface area contributed by atoms with Crippen LogP contribution in [0.25, 0.3) is 0 Å². The molecule has 0 unspecified atom stereocenters. The van der Waals surface area contributed by atoms with Crippen molar-refractivity contribution in [2.24, 2.45) is 0 Å². The van der Waals surface area contributed by atoms with E-state index >= 15 is 0 Å². The summed E-state index contributed by atoms with van der Waals surface area (Å²) in [4.78, 5) is 38.1. The van der Waals surface area contributed by atoms with Crippen LogP contribution in [0.3, 0.4) is 0 Å². The van der Waals surface area contributed by atoms with Crippen molar-refractivity contribution in [1.29, 1.82) is 0 Å². The van der Waals surface area contributed by atoms with Gasteiger partial charge in [-0.05, 0) is 96.3 Å². The van der Waals surface area contributed by atoms with Crippen LogP contribution in [0.1, 0.15) is 310 Å². The third kappa shape index (κ3) is 52.6. The number of carbonyl (C=O) groups is 3. The number of rotatable bonds is 53. The van der Waals surface area contributed by atoms with Crippen molar-refractivity contribution in [1.82, 2.24) is 0 Å². The lowest BCUT2D eigenvalue weighted by atomic mass is 10.1. The van der Waals surface area contributed by atoms with Gasteiger partial charge in [-0.25, -0.2) is 0 Å². The normalized spacial score (nSPS) is 12.2. The minimum atomic E-state index is -0.780. The van der Waals surface area contributed by atoms with Gasteiger partial charge in [-0.1, -0.05) is 231 Å². The van der Waals surface area contributed by atoms with E-state index in [1.165, 1.54) is 199 Å². The van der Waals surface area contributed by atoms with E-state index in [-0.39, 0.29) is 31.1 Å². The fourth-order valence-electron chi connectivity index (χ4n) is 8.43. The molecule has 6 nitrogen and oxygen atoms in total. The zero-order valence-electron chi connectivity index (χ0n) is 44.2. The van der Waals surface area contributed by atoms with Crippen molar-refractivity contribution in [2.45, 2.75) is 316 Å². The summed E-state index contributed by atoms with van der Waals surface area (Å²) in [5.74, 6) is -0.885. The molecule has 0 aliphatic heterocycles. The first-order chi connectivity index (χ1) is 32.5. The molecule has 1 atom stereocenters. The lowest BCUT2D eigenvalue weighted by molar-refractivity contribution is -0.167. The van der Waals surface area contributed by atoms with E-state index in [0.717, 1.165) is 70.6 Å². The number of esters is 3. The smallest absolute Gasteiger partial charge is 0.306 e. The molecule has 0 fully saturated rings. The molecule has 0 bridgehead atoms. The molecule has 0 saturated carbocycles. The van der Waals surface area contributed by atoms with E-state index in [2.05, 4.69) is 57.2 Å². The van der Waals surface area contributed by atoms with Gasteiger partial charge in [0, 0.05) is 19.3 Å². The molecule has 0 rings (SSSR count). The molecule has 0 aliphatic rings. The van der Waals surface area contributed by atoms with Crippen LogP contribution in [0.5, 0.6) is 0 Å². The molecule has 0 aromatic rings. The molecule has 0 aliphatic carbocycles. The minimum Gasteiger partial charge on any atom is -0.462 e. The van der Waals surface area contributed by atoms with Crippen molar-refractivity contribution in [3.63, 3.8) is 0 Å². The molecule has 0 aromatic carbocycles. The third-order valence-corrected chi connectivity index (χ3v) is 12.8. The Labute approximate surface area is 410 Å². The van der Waals surface area contributed by atoms with Crippen LogP contribution in [0.2, 0.25) is 0 Å². The van der Waals surface area contributed by atoms with E-state index in [1.807, 2.05) is 0 Å². The lowest BCUT2D eigenvalue weighted by Gasteiger charge is -2.18. The molecule has 66 heavy (non-hydrogen) atoms. The Kier molecular flexibility index (Phi) is 53.2. The monoisotopic (exact) mass is 927 g/mol. The van der Waals surface area contributed by atoms with Gasteiger partial charge in [0.15, 0.2) is 6.10 Å². The highest BCUT2D eigenvalue weighted by Gasteiger charge is 2.19. The molecule has 0 N–H and O–H groups in total. The van der Waals surface area contributed by atoms with Crippen LogP contribution in [0.4, 0.5) is 0 Å². The van der Waals surface area contributed by atoms with Crippen LogP contribution in [0.15, 0.2) is 36.5 Å². The molecule has 0 spiro atoms. The van der Waals surface area contributed by atoms with Crippen LogP contribution in [-0.4, -0.2) is 37.2 Å². The van der Waals surface area contributed by atoms with Gasteiger partial charge in [-0.15, -0.1) is 0 Å². The first kappa shape index (κ1) is 63.6. The largest absolute Gasteiger partial charge is 0.462 e. The zero-order chi connectivity index (χ0) is 47.9. The lowest BCUT2D eigenvalue weighted by Crippen LogP contribution is -2.30. The third-order valence-electron chi connectivity index (χ3n) is 12.8. The molecule has 0 aromatic heterocycles. The number of unbranched alkanes of at least 4 members (excludes halogenated alkanes) is 36. The summed E-state index contributed by atoms with van der Waals surface area (Å²) in [5.41, 5.74) is 0. The van der Waals surface area contributed by atoms with Crippen molar-refractivity contribution in [3.8, 4) is 0 Å². The van der Waals surface area contributed by atoms with Gasteiger partial charge in [-0.2, -0.15) is 0 Å². The van der Waals surface area contributed by atoms with Gasteiger partial charge < -0.3 is 14.2 Å². The highest BCUT2D eigenvalue weighted by atomic mass is 16.6. The van der Waals surface area contributed by atoms with Crippen LogP contribution in [-0.2, 0) is 28.6 Å². The summed E-state index contributed by atoms with van der Waals surface area (Å²) in [6, 6.07) is 0. The standard InChI is InChI=1S/C60H110O6/c1-4-7-10-13-16-19-22-25-27-29-30-31-33-35-38-41-44-47-50-53-59(62)65-56-57(55-64-58(61)52-49-46-43-40-37-34-24-21-18-15-12-9-6-3)66-60(63)54-51-48-45-42-39-36-32-28-26-23-20-17-14-11-8-5-2/h21,24,28-30,32,57H,4-20,22-23,25-27,31,33-56H2,1-3H3/b24-21-,30-29-,32-28-/t57-/m1/s1. The second-order valence-electron chi connectivity index (χ2n) is 19.5. The first-order valence-electron chi connectivity index (χ1n) is 29.0. The Bertz CT molecular complexity index is 1110. The first-order valence-corrected chi connectivity index (χ1v) is 29.0. The Hall–Kier alpha value is -2.37. The maximum absolute atomic E-state index is 12.8. The Morgan fingerprint density at radius 1 is 0.288 bits per heavy atom. The number of hydrogen-bond acceptors (Lipinski definition) is 6. The summed E-state index contributed by atoms with van der Waals surface area (Å²) in [6.07, 6.45) is 65.6. The highest BCUT2D eigenvalue weighted by Crippen LogP contribution is 2.15. The summed E-state index contributed by atoms with van der Waals surface area (Å²) < 4.78 is 16.9. The van der Waals surface area contributed by atoms with Gasteiger partial charge in [0.1, 0.15) is 13.2 Å². The Morgan fingerprint density at radius 2 is 0.500 bits per heavy atom. The Morgan fingerprint density at radius 3 is 0.773 bits per heavy atom. The van der Waals surface area contributed by atoms with Crippen molar-refractivity contribution < 1.29 is 28.6 Å². The predicted octanol–water partition coefficient (Wildman–Crippen LogP) is 19.3. The van der Waals surface area contributed by atoms with E-state index in [9.17, 15) is 14.4 Å². The van der Waals surface area contributed by atoms with Crippen molar-refractivity contribution >= 4 is 17.9 Å².